The summed E-state index contributed by atoms with van der Waals surface area (Å²) in [6.45, 7) is 2.64. The van der Waals surface area contributed by atoms with E-state index in [1.54, 1.807) is 24.1 Å². The van der Waals surface area contributed by atoms with Gasteiger partial charge in [-0.2, -0.15) is 0 Å². The number of aromatic nitrogens is 1. The molecule has 21 heavy (non-hydrogen) atoms. The summed E-state index contributed by atoms with van der Waals surface area (Å²) in [5, 5.41) is 2.93. The molecule has 0 radical (unpaired) electrons. The first kappa shape index (κ1) is 15.8. The Bertz CT molecular complexity index is 548. The molecule has 0 bridgehead atoms. The third-order valence-electron chi connectivity index (χ3n) is 3.66. The van der Waals surface area contributed by atoms with Gasteiger partial charge in [0, 0.05) is 24.8 Å². The summed E-state index contributed by atoms with van der Waals surface area (Å²) in [5.41, 5.74) is 1.32. The number of halogens is 1. The third-order valence-corrected chi connectivity index (χ3v) is 3.86. The number of hydrogen-bond donors (Lipinski definition) is 1. The second-order valence-corrected chi connectivity index (χ2v) is 5.58. The van der Waals surface area contributed by atoms with Crippen LogP contribution in [0.25, 0.3) is 0 Å². The second kappa shape index (κ2) is 6.89. The molecule has 0 saturated carbocycles. The molecule has 1 aliphatic rings. The summed E-state index contributed by atoms with van der Waals surface area (Å²) in [5.74, 6) is -0.266. The molecule has 1 aromatic heterocycles. The third kappa shape index (κ3) is 3.53. The monoisotopic (exact) mass is 309 g/mol. The first-order chi connectivity index (χ1) is 10.1. The van der Waals surface area contributed by atoms with Gasteiger partial charge in [-0.3, -0.25) is 9.59 Å². The molecule has 2 heterocycles. The molecule has 0 aliphatic carbocycles. The molecule has 2 amide bonds. The molecule has 1 fully saturated rings. The molecule has 1 aliphatic heterocycles. The van der Waals surface area contributed by atoms with Crippen LogP contribution in [0.4, 0.5) is 0 Å². The Labute approximate surface area is 129 Å². The lowest BCUT2D eigenvalue weighted by Crippen LogP contribution is -2.44. The van der Waals surface area contributed by atoms with Crippen LogP contribution in [0.2, 0.25) is 5.15 Å². The largest absolute Gasteiger partial charge is 0.357 e. The summed E-state index contributed by atoms with van der Waals surface area (Å²) in [7, 11) is 1.59. The summed E-state index contributed by atoms with van der Waals surface area (Å²) in [6.07, 6.45) is 3.25. The number of rotatable bonds is 4. The zero-order valence-corrected chi connectivity index (χ0v) is 13.1. The normalized spacial score (nSPS) is 17.9. The minimum Gasteiger partial charge on any atom is -0.357 e. The van der Waals surface area contributed by atoms with Crippen molar-refractivity contribution in [1.29, 1.82) is 0 Å². The fourth-order valence-corrected chi connectivity index (χ4v) is 2.90. The Kier molecular flexibility index (Phi) is 5.17. The molecule has 1 N–H and O–H groups in total. The number of nitrogens with one attached hydrogen (secondary N) is 1. The van der Waals surface area contributed by atoms with Crippen molar-refractivity contribution in [3.05, 3.63) is 28.5 Å². The first-order valence-corrected chi connectivity index (χ1v) is 7.63. The van der Waals surface area contributed by atoms with Gasteiger partial charge in [-0.1, -0.05) is 24.9 Å². The van der Waals surface area contributed by atoms with E-state index in [1.807, 2.05) is 6.92 Å². The second-order valence-electron chi connectivity index (χ2n) is 5.19. The number of carbonyl (C=O) groups is 2. The highest BCUT2D eigenvalue weighted by Crippen LogP contribution is 2.22. The van der Waals surface area contributed by atoms with Gasteiger partial charge in [-0.15, -0.1) is 0 Å². The Morgan fingerprint density at radius 1 is 1.48 bits per heavy atom. The number of hydrogen-bond acceptors (Lipinski definition) is 3. The highest BCUT2D eigenvalue weighted by atomic mass is 35.5. The van der Waals surface area contributed by atoms with E-state index in [1.165, 1.54) is 0 Å². The number of nitrogens with zero attached hydrogens (tertiary/aromatic N) is 2. The van der Waals surface area contributed by atoms with Crippen molar-refractivity contribution in [3.8, 4) is 0 Å². The van der Waals surface area contributed by atoms with E-state index >= 15 is 0 Å². The summed E-state index contributed by atoms with van der Waals surface area (Å²) >= 11 is 6.00. The van der Waals surface area contributed by atoms with Crippen LogP contribution in [0.5, 0.6) is 0 Å². The maximum absolute atomic E-state index is 12.6. The van der Waals surface area contributed by atoms with E-state index in [2.05, 4.69) is 10.3 Å². The van der Waals surface area contributed by atoms with Gasteiger partial charge in [-0.25, -0.2) is 4.98 Å². The average molecular weight is 310 g/mol. The van der Waals surface area contributed by atoms with Crippen LogP contribution in [-0.2, 0) is 11.2 Å². The Morgan fingerprint density at radius 3 is 2.90 bits per heavy atom. The molecule has 0 spiro atoms. The number of amides is 2. The smallest absolute Gasteiger partial charge is 0.254 e. The van der Waals surface area contributed by atoms with Crippen LogP contribution in [0.1, 0.15) is 42.2 Å². The molecule has 1 aromatic rings. The number of pyridine rings is 1. The minimum absolute atomic E-state index is 0.116. The molecule has 0 aromatic carbocycles. The Balaban J connectivity index is 2.24. The lowest BCUT2D eigenvalue weighted by molar-refractivity contribution is -0.124. The Morgan fingerprint density at radius 2 is 2.24 bits per heavy atom. The number of likely N-dealkylation sites (tertiary alicyclic amines) is 1. The van der Waals surface area contributed by atoms with Crippen molar-refractivity contribution in [2.75, 3.05) is 13.6 Å². The van der Waals surface area contributed by atoms with Crippen molar-refractivity contribution in [2.45, 2.75) is 38.6 Å². The zero-order chi connectivity index (χ0) is 15.4. The van der Waals surface area contributed by atoms with Gasteiger partial charge in [0.05, 0.1) is 0 Å². The maximum atomic E-state index is 12.6. The van der Waals surface area contributed by atoms with Crippen molar-refractivity contribution >= 4 is 23.4 Å². The standard InChI is InChI=1S/C15H20ClN3O2/c1-3-5-11-8-10(9-13(16)18-11)15(21)19-7-4-6-12(19)14(20)17-2/h8-9,12H,3-7H2,1-2H3,(H,17,20). The molecular weight excluding hydrogens is 290 g/mol. The van der Waals surface area contributed by atoms with Crippen LogP contribution in [0, 0.1) is 0 Å². The fourth-order valence-electron chi connectivity index (χ4n) is 2.67. The van der Waals surface area contributed by atoms with E-state index in [9.17, 15) is 9.59 Å². The van der Waals surface area contributed by atoms with Crippen LogP contribution in [-0.4, -0.2) is 41.3 Å². The lowest BCUT2D eigenvalue weighted by atomic mass is 10.1. The predicted octanol–water partition coefficient (Wildman–Crippen LogP) is 2.04. The van der Waals surface area contributed by atoms with Gasteiger partial charge in [0.15, 0.2) is 0 Å². The van der Waals surface area contributed by atoms with Crippen molar-refractivity contribution in [3.63, 3.8) is 0 Å². The van der Waals surface area contributed by atoms with E-state index in [-0.39, 0.29) is 17.9 Å². The van der Waals surface area contributed by atoms with Crippen LogP contribution in [0.3, 0.4) is 0 Å². The summed E-state index contributed by atoms with van der Waals surface area (Å²) in [4.78, 5) is 30.3. The molecular formula is C15H20ClN3O2. The molecule has 1 atom stereocenters. The number of aryl methyl sites for hydroxylation is 1. The predicted molar refractivity (Wildman–Crippen MR) is 81.4 cm³/mol. The number of likely N-dealkylation sites (N-methyl/N-ethyl adjacent to an activating group) is 1. The molecule has 1 saturated heterocycles. The molecule has 2 rings (SSSR count). The van der Waals surface area contributed by atoms with Gasteiger partial charge in [0.25, 0.3) is 5.91 Å². The van der Waals surface area contributed by atoms with Gasteiger partial charge in [0.1, 0.15) is 11.2 Å². The van der Waals surface area contributed by atoms with Gasteiger partial charge in [0.2, 0.25) is 5.91 Å². The molecule has 1 unspecified atom stereocenters. The lowest BCUT2D eigenvalue weighted by Gasteiger charge is -2.23. The fraction of sp³-hybridized carbons (Fsp3) is 0.533. The highest BCUT2D eigenvalue weighted by molar-refractivity contribution is 6.29. The molecule has 114 valence electrons. The topological polar surface area (TPSA) is 62.3 Å². The zero-order valence-electron chi connectivity index (χ0n) is 12.4. The maximum Gasteiger partial charge on any atom is 0.254 e. The van der Waals surface area contributed by atoms with E-state index in [0.29, 0.717) is 23.7 Å². The minimum atomic E-state index is -0.385. The first-order valence-electron chi connectivity index (χ1n) is 7.25. The van der Waals surface area contributed by atoms with E-state index in [0.717, 1.165) is 25.0 Å². The van der Waals surface area contributed by atoms with Crippen molar-refractivity contribution in [1.82, 2.24) is 15.2 Å². The summed E-state index contributed by atoms with van der Waals surface area (Å²) in [6, 6.07) is 2.96. The summed E-state index contributed by atoms with van der Waals surface area (Å²) < 4.78 is 0. The van der Waals surface area contributed by atoms with Gasteiger partial charge < -0.3 is 10.2 Å². The van der Waals surface area contributed by atoms with Crippen LogP contribution in [0.15, 0.2) is 12.1 Å². The van der Waals surface area contributed by atoms with Crippen LogP contribution >= 0.6 is 11.6 Å². The Hall–Kier alpha value is -1.62. The van der Waals surface area contributed by atoms with Crippen LogP contribution < -0.4 is 5.32 Å². The highest BCUT2D eigenvalue weighted by Gasteiger charge is 2.34. The van der Waals surface area contributed by atoms with Crippen molar-refractivity contribution < 1.29 is 9.59 Å². The van der Waals surface area contributed by atoms with Gasteiger partial charge in [-0.05, 0) is 31.4 Å². The average Bonchev–Trinajstić information content (AvgIpc) is 2.94. The molecule has 6 heteroatoms. The van der Waals surface area contributed by atoms with E-state index < -0.39 is 0 Å². The quantitative estimate of drug-likeness (QED) is 0.866. The van der Waals surface area contributed by atoms with E-state index in [4.69, 9.17) is 11.6 Å². The van der Waals surface area contributed by atoms with Crippen molar-refractivity contribution in [2.24, 2.45) is 0 Å². The molecule has 5 nitrogen and oxygen atoms in total. The van der Waals surface area contributed by atoms with Gasteiger partial charge >= 0.3 is 0 Å². The number of carbonyl (C=O) groups excluding carboxylic acids is 2. The SMILES string of the molecule is CCCc1cc(C(=O)N2CCCC2C(=O)NC)cc(Cl)n1.